The van der Waals surface area contributed by atoms with Gasteiger partial charge in [0.2, 0.25) is 5.91 Å². The van der Waals surface area contributed by atoms with Crippen molar-refractivity contribution in [2.45, 2.75) is 33.6 Å². The average molecular weight is 434 g/mol. The number of ether oxygens (including phenoxy) is 2. The Labute approximate surface area is 189 Å². The van der Waals surface area contributed by atoms with Crippen LogP contribution in [0.3, 0.4) is 0 Å². The summed E-state index contributed by atoms with van der Waals surface area (Å²) in [6, 6.07) is 9.99. The van der Waals surface area contributed by atoms with Crippen molar-refractivity contribution in [2.75, 3.05) is 27.3 Å². The Kier molecular flexibility index (Phi) is 6.26. The fourth-order valence-corrected chi connectivity index (χ4v) is 4.45. The van der Waals surface area contributed by atoms with E-state index >= 15 is 0 Å². The van der Waals surface area contributed by atoms with Crippen molar-refractivity contribution in [3.63, 3.8) is 0 Å². The summed E-state index contributed by atoms with van der Waals surface area (Å²) in [5.74, 6) is 2.30. The maximum absolute atomic E-state index is 12.9. The normalized spacial score (nSPS) is 15.3. The van der Waals surface area contributed by atoms with Gasteiger partial charge in [0.25, 0.3) is 0 Å². The highest BCUT2D eigenvalue weighted by atomic mass is 16.5. The largest absolute Gasteiger partial charge is 0.497 e. The number of allylic oxidation sites excluding steroid dienone is 1. The van der Waals surface area contributed by atoms with Gasteiger partial charge in [0.1, 0.15) is 17.1 Å². The second-order valence-electron chi connectivity index (χ2n) is 8.67. The Morgan fingerprint density at radius 2 is 1.81 bits per heavy atom. The molecular formula is C27H31NO4. The van der Waals surface area contributed by atoms with Crippen molar-refractivity contribution in [2.24, 2.45) is 5.92 Å². The number of piperidine rings is 1. The monoisotopic (exact) mass is 433 g/mol. The number of aryl methyl sites for hydroxylation is 1. The van der Waals surface area contributed by atoms with E-state index in [0.717, 1.165) is 76.2 Å². The third-order valence-electron chi connectivity index (χ3n) is 6.51. The van der Waals surface area contributed by atoms with Crippen molar-refractivity contribution in [3.8, 4) is 22.6 Å². The smallest absolute Gasteiger partial charge is 0.246 e. The minimum absolute atomic E-state index is 0.0665. The number of rotatable bonds is 5. The molecule has 0 radical (unpaired) electrons. The van der Waals surface area contributed by atoms with Gasteiger partial charge < -0.3 is 18.8 Å². The van der Waals surface area contributed by atoms with Crippen LogP contribution >= 0.6 is 0 Å². The number of hydrogen-bond acceptors (Lipinski definition) is 4. The molecule has 3 aromatic rings. The Balaban J connectivity index is 1.75. The molecule has 1 aromatic heterocycles. The molecule has 1 aliphatic heterocycles. The standard InChI is InChI=1S/C27H31NO4/c1-17-10-12-28(13-11-17)25(29)14-18(2)22-15-23-24(20-6-8-21(30-4)9-7-20)16-32-27(23)19(3)26(22)31-5/h6-9,14-17H,10-13H2,1-5H3/b18-14+. The maximum atomic E-state index is 12.9. The van der Waals surface area contributed by atoms with Gasteiger partial charge in [0, 0.05) is 41.2 Å². The highest BCUT2D eigenvalue weighted by Gasteiger charge is 2.21. The molecule has 168 valence electrons. The SMILES string of the molecule is COc1ccc(-c2coc3c(C)c(OC)c(/C(C)=C/C(=O)N4CCC(C)CC4)cc23)cc1. The van der Waals surface area contributed by atoms with Crippen LogP contribution < -0.4 is 9.47 Å². The van der Waals surface area contributed by atoms with E-state index in [0.29, 0.717) is 5.92 Å². The van der Waals surface area contributed by atoms with Gasteiger partial charge >= 0.3 is 0 Å². The van der Waals surface area contributed by atoms with Crippen molar-refractivity contribution in [1.82, 2.24) is 4.90 Å². The second kappa shape index (κ2) is 9.11. The summed E-state index contributed by atoms with van der Waals surface area (Å²) in [6.45, 7) is 7.86. The molecule has 0 unspecified atom stereocenters. The van der Waals surface area contributed by atoms with Gasteiger partial charge in [0.05, 0.1) is 20.5 Å². The van der Waals surface area contributed by atoms with Crippen LogP contribution in [0.15, 0.2) is 47.1 Å². The van der Waals surface area contributed by atoms with Crippen LogP contribution in [0.4, 0.5) is 0 Å². The summed E-state index contributed by atoms with van der Waals surface area (Å²) < 4.78 is 17.0. The average Bonchev–Trinajstić information content (AvgIpc) is 3.23. The molecule has 4 rings (SSSR count). The summed E-state index contributed by atoms with van der Waals surface area (Å²) in [5, 5.41) is 0.996. The molecule has 5 heteroatoms. The predicted octanol–water partition coefficient (Wildman–Crippen LogP) is 6.09. The lowest BCUT2D eigenvalue weighted by atomic mass is 9.96. The minimum atomic E-state index is 0.0665. The molecule has 5 nitrogen and oxygen atoms in total. The van der Waals surface area contributed by atoms with E-state index in [1.165, 1.54) is 0 Å². The zero-order chi connectivity index (χ0) is 22.8. The summed E-state index contributed by atoms with van der Waals surface area (Å²) in [4.78, 5) is 14.9. The van der Waals surface area contributed by atoms with Crippen LogP contribution in [0.2, 0.25) is 0 Å². The molecule has 2 aromatic carbocycles. The van der Waals surface area contributed by atoms with Gasteiger partial charge in [-0.15, -0.1) is 0 Å². The molecule has 0 aliphatic carbocycles. The first-order chi connectivity index (χ1) is 15.4. The van der Waals surface area contributed by atoms with Crippen LogP contribution in [-0.2, 0) is 4.79 Å². The molecule has 0 bridgehead atoms. The van der Waals surface area contributed by atoms with E-state index in [1.54, 1.807) is 26.6 Å². The fourth-order valence-electron chi connectivity index (χ4n) is 4.45. The maximum Gasteiger partial charge on any atom is 0.246 e. The molecule has 0 N–H and O–H groups in total. The van der Waals surface area contributed by atoms with Crippen LogP contribution in [0.5, 0.6) is 11.5 Å². The Bertz CT molecular complexity index is 1150. The molecule has 1 amide bonds. The zero-order valence-corrected chi connectivity index (χ0v) is 19.5. The van der Waals surface area contributed by atoms with Gasteiger partial charge in [-0.05, 0) is 61.9 Å². The molecular weight excluding hydrogens is 402 g/mol. The van der Waals surface area contributed by atoms with Crippen LogP contribution in [-0.4, -0.2) is 38.1 Å². The van der Waals surface area contributed by atoms with Gasteiger partial charge in [-0.1, -0.05) is 19.1 Å². The van der Waals surface area contributed by atoms with E-state index in [-0.39, 0.29) is 5.91 Å². The number of nitrogens with zero attached hydrogens (tertiary/aromatic N) is 1. The fraction of sp³-hybridized carbons (Fsp3) is 0.370. The molecule has 32 heavy (non-hydrogen) atoms. The first-order valence-corrected chi connectivity index (χ1v) is 11.1. The summed E-state index contributed by atoms with van der Waals surface area (Å²) in [5.41, 5.74) is 5.55. The number of amides is 1. The van der Waals surface area contributed by atoms with Crippen molar-refractivity contribution in [1.29, 1.82) is 0 Å². The Morgan fingerprint density at radius 3 is 2.44 bits per heavy atom. The number of furan rings is 1. The number of hydrogen-bond donors (Lipinski definition) is 0. The molecule has 1 aliphatic rings. The third kappa shape index (κ3) is 4.12. The van der Waals surface area contributed by atoms with Gasteiger partial charge in [-0.25, -0.2) is 0 Å². The predicted molar refractivity (Wildman–Crippen MR) is 128 cm³/mol. The first kappa shape index (κ1) is 22.0. The van der Waals surface area contributed by atoms with Crippen molar-refractivity contribution < 1.29 is 18.7 Å². The van der Waals surface area contributed by atoms with E-state index in [4.69, 9.17) is 13.9 Å². The molecule has 0 saturated carbocycles. The van der Waals surface area contributed by atoms with Gasteiger partial charge in [-0.2, -0.15) is 0 Å². The van der Waals surface area contributed by atoms with E-state index < -0.39 is 0 Å². The summed E-state index contributed by atoms with van der Waals surface area (Å²) in [7, 11) is 3.32. The molecule has 1 fully saturated rings. The molecule has 0 atom stereocenters. The number of benzene rings is 2. The van der Waals surface area contributed by atoms with Crippen molar-refractivity contribution in [3.05, 3.63) is 53.8 Å². The van der Waals surface area contributed by atoms with Crippen LogP contribution in [0, 0.1) is 12.8 Å². The molecule has 2 heterocycles. The number of likely N-dealkylation sites (tertiary alicyclic amines) is 1. The first-order valence-electron chi connectivity index (χ1n) is 11.1. The number of carbonyl (C=O) groups is 1. The Morgan fingerprint density at radius 1 is 1.12 bits per heavy atom. The molecule has 0 spiro atoms. The van der Waals surface area contributed by atoms with Crippen LogP contribution in [0.25, 0.3) is 27.7 Å². The zero-order valence-electron chi connectivity index (χ0n) is 19.5. The summed E-state index contributed by atoms with van der Waals surface area (Å²) in [6.07, 6.45) is 5.65. The Hall–Kier alpha value is -3.21. The quantitative estimate of drug-likeness (QED) is 0.457. The van der Waals surface area contributed by atoms with E-state index in [1.807, 2.05) is 43.0 Å². The highest BCUT2D eigenvalue weighted by Crippen LogP contribution is 2.40. The molecule has 1 saturated heterocycles. The topological polar surface area (TPSA) is 51.9 Å². The summed E-state index contributed by atoms with van der Waals surface area (Å²) >= 11 is 0. The van der Waals surface area contributed by atoms with Gasteiger partial charge in [-0.3, -0.25) is 4.79 Å². The lowest BCUT2D eigenvalue weighted by Crippen LogP contribution is -2.36. The lowest BCUT2D eigenvalue weighted by molar-refractivity contribution is -0.127. The van der Waals surface area contributed by atoms with Crippen molar-refractivity contribution >= 4 is 22.4 Å². The number of fused-ring (bicyclic) bond motifs is 1. The third-order valence-corrected chi connectivity index (χ3v) is 6.51. The van der Waals surface area contributed by atoms with Crippen LogP contribution in [0.1, 0.15) is 37.8 Å². The number of methoxy groups -OCH3 is 2. The highest BCUT2D eigenvalue weighted by molar-refractivity contribution is 6.01. The number of carbonyl (C=O) groups excluding carboxylic acids is 1. The van der Waals surface area contributed by atoms with Gasteiger partial charge in [0.15, 0.2) is 0 Å². The minimum Gasteiger partial charge on any atom is -0.497 e. The van der Waals surface area contributed by atoms with E-state index in [2.05, 4.69) is 13.0 Å². The second-order valence-corrected chi connectivity index (χ2v) is 8.67. The van der Waals surface area contributed by atoms with E-state index in [9.17, 15) is 4.79 Å². The lowest BCUT2D eigenvalue weighted by Gasteiger charge is -2.29.